The SMILES string of the molecule is CN(C)CCC(=NO)c1ccccc1. The van der Waals surface area contributed by atoms with Crippen LogP contribution < -0.4 is 0 Å². The molecule has 0 spiro atoms. The highest BCUT2D eigenvalue weighted by Crippen LogP contribution is 2.04. The molecule has 0 atom stereocenters. The van der Waals surface area contributed by atoms with Crippen LogP contribution in [0.15, 0.2) is 35.5 Å². The molecule has 1 N–H and O–H groups in total. The summed E-state index contributed by atoms with van der Waals surface area (Å²) in [6.07, 6.45) is 0.757. The van der Waals surface area contributed by atoms with Crippen molar-refractivity contribution in [3.63, 3.8) is 0 Å². The van der Waals surface area contributed by atoms with Crippen molar-refractivity contribution in [1.82, 2.24) is 4.90 Å². The number of benzene rings is 1. The molecule has 0 aliphatic rings. The molecule has 1 aromatic rings. The molecule has 0 saturated heterocycles. The van der Waals surface area contributed by atoms with E-state index in [1.165, 1.54) is 0 Å². The Bertz CT molecular complexity index is 293. The minimum atomic E-state index is 0.735. The van der Waals surface area contributed by atoms with Gasteiger partial charge in [-0.05, 0) is 19.7 Å². The van der Waals surface area contributed by atoms with E-state index < -0.39 is 0 Å². The van der Waals surface area contributed by atoms with E-state index in [-0.39, 0.29) is 0 Å². The smallest absolute Gasteiger partial charge is 0.0880 e. The van der Waals surface area contributed by atoms with Crippen LogP contribution in [0, 0.1) is 0 Å². The molecule has 0 aliphatic carbocycles. The van der Waals surface area contributed by atoms with Gasteiger partial charge in [0.15, 0.2) is 0 Å². The van der Waals surface area contributed by atoms with Gasteiger partial charge < -0.3 is 10.1 Å². The van der Waals surface area contributed by atoms with Crippen molar-refractivity contribution in [2.75, 3.05) is 20.6 Å². The molecule has 0 aliphatic heterocycles. The van der Waals surface area contributed by atoms with E-state index in [0.29, 0.717) is 0 Å². The molecule has 3 nitrogen and oxygen atoms in total. The summed E-state index contributed by atoms with van der Waals surface area (Å²) in [5.74, 6) is 0. The van der Waals surface area contributed by atoms with Gasteiger partial charge in [-0.1, -0.05) is 35.5 Å². The van der Waals surface area contributed by atoms with Gasteiger partial charge in [-0.15, -0.1) is 0 Å². The number of rotatable bonds is 4. The van der Waals surface area contributed by atoms with Gasteiger partial charge in [0.2, 0.25) is 0 Å². The lowest BCUT2D eigenvalue weighted by Gasteiger charge is -2.09. The fourth-order valence-electron chi connectivity index (χ4n) is 1.21. The van der Waals surface area contributed by atoms with Crippen molar-refractivity contribution >= 4 is 5.71 Å². The van der Waals surface area contributed by atoms with Gasteiger partial charge in [0.1, 0.15) is 0 Å². The fraction of sp³-hybridized carbons (Fsp3) is 0.364. The molecule has 0 radical (unpaired) electrons. The molecule has 0 aromatic heterocycles. The molecule has 0 amide bonds. The Labute approximate surface area is 84.7 Å². The average Bonchev–Trinajstić information content (AvgIpc) is 2.20. The topological polar surface area (TPSA) is 35.8 Å². The van der Waals surface area contributed by atoms with E-state index in [1.807, 2.05) is 44.4 Å². The third kappa shape index (κ3) is 3.18. The van der Waals surface area contributed by atoms with Gasteiger partial charge in [0.25, 0.3) is 0 Å². The lowest BCUT2D eigenvalue weighted by atomic mass is 10.1. The molecule has 0 fully saturated rings. The Balaban J connectivity index is 2.65. The molecular weight excluding hydrogens is 176 g/mol. The van der Waals surface area contributed by atoms with Crippen LogP contribution in [0.2, 0.25) is 0 Å². The molecule has 1 aromatic carbocycles. The second kappa shape index (κ2) is 5.40. The van der Waals surface area contributed by atoms with E-state index >= 15 is 0 Å². The zero-order valence-electron chi connectivity index (χ0n) is 8.64. The van der Waals surface area contributed by atoms with Crippen LogP contribution in [0.1, 0.15) is 12.0 Å². The van der Waals surface area contributed by atoms with Crippen molar-refractivity contribution in [2.24, 2.45) is 5.16 Å². The largest absolute Gasteiger partial charge is 0.411 e. The molecule has 14 heavy (non-hydrogen) atoms. The first-order valence-corrected chi connectivity index (χ1v) is 4.65. The molecule has 76 valence electrons. The third-order valence-corrected chi connectivity index (χ3v) is 2.02. The highest BCUT2D eigenvalue weighted by atomic mass is 16.4. The Morgan fingerprint density at radius 1 is 1.29 bits per heavy atom. The maximum Gasteiger partial charge on any atom is 0.0880 e. The molecule has 0 heterocycles. The van der Waals surface area contributed by atoms with Crippen molar-refractivity contribution in [1.29, 1.82) is 0 Å². The first-order valence-electron chi connectivity index (χ1n) is 4.65. The fourth-order valence-corrected chi connectivity index (χ4v) is 1.21. The van der Waals surface area contributed by atoms with Crippen LogP contribution in [0.4, 0.5) is 0 Å². The molecule has 0 unspecified atom stereocenters. The van der Waals surface area contributed by atoms with Crippen molar-refractivity contribution in [2.45, 2.75) is 6.42 Å². The molecule has 0 saturated carbocycles. The Hall–Kier alpha value is -1.35. The van der Waals surface area contributed by atoms with E-state index in [4.69, 9.17) is 5.21 Å². The van der Waals surface area contributed by atoms with Crippen molar-refractivity contribution in [3.05, 3.63) is 35.9 Å². The lowest BCUT2D eigenvalue weighted by Crippen LogP contribution is -2.17. The third-order valence-electron chi connectivity index (χ3n) is 2.02. The van der Waals surface area contributed by atoms with Gasteiger partial charge >= 0.3 is 0 Å². The Morgan fingerprint density at radius 2 is 1.93 bits per heavy atom. The van der Waals surface area contributed by atoms with Gasteiger partial charge in [0, 0.05) is 13.0 Å². The summed E-state index contributed by atoms with van der Waals surface area (Å²) in [6, 6.07) is 9.73. The van der Waals surface area contributed by atoms with Crippen LogP contribution >= 0.6 is 0 Å². The summed E-state index contributed by atoms with van der Waals surface area (Å²) in [7, 11) is 4.00. The molecular formula is C11H16N2O. The molecule has 1 rings (SSSR count). The maximum atomic E-state index is 8.86. The normalized spacial score (nSPS) is 12.1. The second-order valence-corrected chi connectivity index (χ2v) is 3.47. The highest BCUT2D eigenvalue weighted by Gasteiger charge is 2.03. The Kier molecular flexibility index (Phi) is 4.13. The summed E-state index contributed by atoms with van der Waals surface area (Å²) >= 11 is 0. The number of hydrogen-bond donors (Lipinski definition) is 1. The zero-order valence-corrected chi connectivity index (χ0v) is 8.64. The molecule has 0 bridgehead atoms. The minimum absolute atomic E-state index is 0.735. The average molecular weight is 192 g/mol. The van der Waals surface area contributed by atoms with Crippen molar-refractivity contribution in [3.8, 4) is 0 Å². The highest BCUT2D eigenvalue weighted by molar-refractivity contribution is 6.00. The summed E-state index contributed by atoms with van der Waals surface area (Å²) in [5, 5.41) is 12.2. The van der Waals surface area contributed by atoms with Crippen LogP contribution in [0.25, 0.3) is 0 Å². The predicted molar refractivity (Wildman–Crippen MR) is 57.9 cm³/mol. The number of oxime groups is 1. The van der Waals surface area contributed by atoms with Crippen LogP contribution in [-0.2, 0) is 0 Å². The van der Waals surface area contributed by atoms with E-state index in [2.05, 4.69) is 10.1 Å². The van der Waals surface area contributed by atoms with Crippen LogP contribution in [-0.4, -0.2) is 36.5 Å². The van der Waals surface area contributed by atoms with E-state index in [9.17, 15) is 0 Å². The zero-order chi connectivity index (χ0) is 10.4. The predicted octanol–water partition coefficient (Wildman–Crippen LogP) is 1.82. The Morgan fingerprint density at radius 3 is 2.43 bits per heavy atom. The maximum absolute atomic E-state index is 8.86. The summed E-state index contributed by atoms with van der Waals surface area (Å²) in [5.41, 5.74) is 1.72. The van der Waals surface area contributed by atoms with E-state index in [0.717, 1.165) is 24.2 Å². The monoisotopic (exact) mass is 192 g/mol. The van der Waals surface area contributed by atoms with Gasteiger partial charge in [-0.2, -0.15) is 0 Å². The van der Waals surface area contributed by atoms with Crippen LogP contribution in [0.5, 0.6) is 0 Å². The van der Waals surface area contributed by atoms with E-state index in [1.54, 1.807) is 0 Å². The van der Waals surface area contributed by atoms with Gasteiger partial charge in [-0.3, -0.25) is 0 Å². The van der Waals surface area contributed by atoms with Gasteiger partial charge in [0.05, 0.1) is 5.71 Å². The first kappa shape index (κ1) is 10.7. The summed E-state index contributed by atoms with van der Waals surface area (Å²) in [4.78, 5) is 2.06. The van der Waals surface area contributed by atoms with Crippen molar-refractivity contribution < 1.29 is 5.21 Å². The van der Waals surface area contributed by atoms with Gasteiger partial charge in [-0.25, -0.2) is 0 Å². The summed E-state index contributed by atoms with van der Waals surface area (Å²) < 4.78 is 0. The second-order valence-electron chi connectivity index (χ2n) is 3.47. The van der Waals surface area contributed by atoms with Crippen LogP contribution in [0.3, 0.4) is 0 Å². The number of hydrogen-bond acceptors (Lipinski definition) is 3. The summed E-state index contributed by atoms with van der Waals surface area (Å²) in [6.45, 7) is 0.883. The quantitative estimate of drug-likeness (QED) is 0.448. The standard InChI is InChI=1S/C11H16N2O/c1-13(2)9-8-11(12-14)10-6-4-3-5-7-10/h3-7,14H,8-9H2,1-2H3. The minimum Gasteiger partial charge on any atom is -0.411 e. The lowest BCUT2D eigenvalue weighted by molar-refractivity contribution is 0.316. The number of nitrogens with zero attached hydrogens (tertiary/aromatic N) is 2. The first-order chi connectivity index (χ1) is 6.74. The molecule has 3 heteroatoms.